The Kier molecular flexibility index (Phi) is 5.00. The van der Waals surface area contributed by atoms with Gasteiger partial charge in [0.2, 0.25) is 0 Å². The summed E-state index contributed by atoms with van der Waals surface area (Å²) in [7, 11) is 0. The number of benzene rings is 1. The first-order valence-corrected chi connectivity index (χ1v) is 8.42. The average Bonchev–Trinajstić information content (AvgIpc) is 3.12. The van der Waals surface area contributed by atoms with Gasteiger partial charge < -0.3 is 15.9 Å². The quantitative estimate of drug-likeness (QED) is 0.536. The number of amides is 1. The molecular weight excluding hydrogens is 385 g/mol. The minimum Gasteiger partial charge on any atom is -0.506 e. The van der Waals surface area contributed by atoms with Crippen LogP contribution in [0, 0.1) is 0 Å². The minimum absolute atomic E-state index is 0.215. The van der Waals surface area contributed by atoms with E-state index in [0.717, 1.165) is 23.5 Å². The van der Waals surface area contributed by atoms with Crippen molar-refractivity contribution in [2.75, 3.05) is 11.9 Å². The van der Waals surface area contributed by atoms with Crippen molar-refractivity contribution < 1.29 is 28.2 Å². The maximum atomic E-state index is 13.3. The highest BCUT2D eigenvalue weighted by Gasteiger charge is 2.35. The normalized spacial score (nSPS) is 12.9. The summed E-state index contributed by atoms with van der Waals surface area (Å²) >= 11 is 1.11. The lowest BCUT2D eigenvalue weighted by Gasteiger charge is -2.18. The number of halogens is 3. The first-order valence-electron chi connectivity index (χ1n) is 7.54. The lowest BCUT2D eigenvalue weighted by Crippen LogP contribution is -2.23. The second kappa shape index (κ2) is 7.10. The van der Waals surface area contributed by atoms with Gasteiger partial charge in [-0.3, -0.25) is 10.1 Å². The predicted molar refractivity (Wildman–Crippen MR) is 92.5 cm³/mol. The van der Waals surface area contributed by atoms with Crippen LogP contribution < -0.4 is 11.1 Å². The summed E-state index contributed by atoms with van der Waals surface area (Å²) in [6.07, 6.45) is -3.29. The van der Waals surface area contributed by atoms with Crippen LogP contribution >= 0.6 is 11.3 Å². The fourth-order valence-electron chi connectivity index (χ4n) is 2.54. The highest BCUT2D eigenvalue weighted by molar-refractivity contribution is 7.13. The maximum Gasteiger partial charge on any atom is 0.418 e. The summed E-state index contributed by atoms with van der Waals surface area (Å²) in [5.74, 6) is -1.56. The van der Waals surface area contributed by atoms with Gasteiger partial charge in [-0.05, 0) is 12.1 Å². The van der Waals surface area contributed by atoms with E-state index < -0.39 is 47.1 Å². The van der Waals surface area contributed by atoms with Gasteiger partial charge in [0.05, 0.1) is 29.4 Å². The van der Waals surface area contributed by atoms with Gasteiger partial charge in [-0.1, -0.05) is 6.07 Å². The molecule has 0 radical (unpaired) electrons. The Morgan fingerprint density at radius 1 is 1.37 bits per heavy atom. The number of aromatic nitrogens is 2. The molecule has 1 amide bonds. The number of aliphatic hydroxyl groups is 1. The van der Waals surface area contributed by atoms with Gasteiger partial charge in [0.25, 0.3) is 5.91 Å². The number of nitrogens with zero attached hydrogens (tertiary/aromatic N) is 2. The standard InChI is InChI=1S/C16H13F3N4O3S/c17-16(18,19)8-3-1-2-7-11(8)22-12(9(20)6-24)10(13(7)25)14(26)23-15-21-4-5-27-15/h1-5,9,24H,6,20H2,(H,22,25)(H,21,23,26). The maximum absolute atomic E-state index is 13.3. The van der Waals surface area contributed by atoms with Crippen LogP contribution in [0.2, 0.25) is 0 Å². The number of anilines is 1. The van der Waals surface area contributed by atoms with E-state index in [1.54, 1.807) is 5.38 Å². The van der Waals surface area contributed by atoms with Crippen LogP contribution in [0.25, 0.3) is 10.9 Å². The van der Waals surface area contributed by atoms with Crippen molar-refractivity contribution in [3.8, 4) is 5.75 Å². The Balaban J connectivity index is 2.26. The molecule has 1 aromatic carbocycles. The molecule has 142 valence electrons. The molecule has 7 nitrogen and oxygen atoms in total. The zero-order valence-corrected chi connectivity index (χ0v) is 14.3. The topological polar surface area (TPSA) is 121 Å². The molecule has 1 atom stereocenters. The van der Waals surface area contributed by atoms with E-state index in [4.69, 9.17) is 5.73 Å². The van der Waals surface area contributed by atoms with E-state index in [1.807, 2.05) is 0 Å². The number of rotatable bonds is 4. The van der Waals surface area contributed by atoms with Crippen LogP contribution in [-0.4, -0.2) is 32.7 Å². The highest BCUT2D eigenvalue weighted by Crippen LogP contribution is 2.39. The molecule has 0 aliphatic rings. The smallest absolute Gasteiger partial charge is 0.418 e. The Morgan fingerprint density at radius 3 is 2.70 bits per heavy atom. The predicted octanol–water partition coefficient (Wildman–Crippen LogP) is 2.66. The number of hydrogen-bond donors (Lipinski definition) is 4. The van der Waals surface area contributed by atoms with E-state index in [9.17, 15) is 28.2 Å². The molecule has 0 spiro atoms. The summed E-state index contributed by atoms with van der Waals surface area (Å²) in [5.41, 5.74) is 3.30. The van der Waals surface area contributed by atoms with Crippen molar-refractivity contribution in [1.29, 1.82) is 0 Å². The van der Waals surface area contributed by atoms with Crippen molar-refractivity contribution in [3.05, 3.63) is 46.6 Å². The Morgan fingerprint density at radius 2 is 2.11 bits per heavy atom. The van der Waals surface area contributed by atoms with Crippen LogP contribution in [0.5, 0.6) is 5.75 Å². The summed E-state index contributed by atoms with van der Waals surface area (Å²) in [5, 5.41) is 23.8. The zero-order chi connectivity index (χ0) is 19.8. The summed E-state index contributed by atoms with van der Waals surface area (Å²) in [6.45, 7) is -0.691. The molecule has 2 heterocycles. The van der Waals surface area contributed by atoms with Gasteiger partial charge in [-0.2, -0.15) is 13.2 Å². The van der Waals surface area contributed by atoms with Gasteiger partial charge in [0, 0.05) is 17.0 Å². The third-order valence-corrected chi connectivity index (χ3v) is 4.44. The zero-order valence-electron chi connectivity index (χ0n) is 13.5. The first kappa shape index (κ1) is 19.0. The lowest BCUT2D eigenvalue weighted by molar-refractivity contribution is -0.136. The monoisotopic (exact) mass is 398 g/mol. The van der Waals surface area contributed by atoms with E-state index >= 15 is 0 Å². The molecule has 5 N–H and O–H groups in total. The van der Waals surface area contributed by atoms with Gasteiger partial charge in [0.1, 0.15) is 11.3 Å². The van der Waals surface area contributed by atoms with Gasteiger partial charge in [-0.15, -0.1) is 11.3 Å². The van der Waals surface area contributed by atoms with Crippen LogP contribution in [0.4, 0.5) is 18.3 Å². The summed E-state index contributed by atoms with van der Waals surface area (Å²) < 4.78 is 39.9. The van der Waals surface area contributed by atoms with E-state index in [0.29, 0.717) is 0 Å². The fraction of sp³-hybridized carbons (Fsp3) is 0.188. The Bertz CT molecular complexity index is 993. The van der Waals surface area contributed by atoms with Crippen molar-refractivity contribution in [1.82, 2.24) is 9.97 Å². The van der Waals surface area contributed by atoms with E-state index in [-0.39, 0.29) is 16.2 Å². The van der Waals surface area contributed by atoms with Crippen molar-refractivity contribution in [2.45, 2.75) is 12.2 Å². The number of aliphatic hydroxyl groups excluding tert-OH is 1. The third-order valence-electron chi connectivity index (χ3n) is 3.75. The molecule has 0 aliphatic heterocycles. The van der Waals surface area contributed by atoms with Crippen LogP contribution in [-0.2, 0) is 6.18 Å². The number of para-hydroxylation sites is 1. The number of hydrogen-bond acceptors (Lipinski definition) is 7. The second-order valence-corrected chi connectivity index (χ2v) is 6.40. The van der Waals surface area contributed by atoms with Crippen LogP contribution in [0.3, 0.4) is 0 Å². The molecule has 3 aromatic rings. The van der Waals surface area contributed by atoms with Crippen molar-refractivity contribution in [2.24, 2.45) is 5.73 Å². The number of aromatic hydroxyl groups is 1. The number of thiazole rings is 1. The lowest BCUT2D eigenvalue weighted by atomic mass is 10.00. The Hall–Kier alpha value is -2.76. The molecule has 0 aliphatic carbocycles. The third kappa shape index (κ3) is 3.56. The van der Waals surface area contributed by atoms with Crippen LogP contribution in [0.1, 0.15) is 27.7 Å². The molecule has 0 saturated carbocycles. The fourth-order valence-corrected chi connectivity index (χ4v) is 3.06. The van der Waals surface area contributed by atoms with Crippen LogP contribution in [0.15, 0.2) is 29.8 Å². The summed E-state index contributed by atoms with van der Waals surface area (Å²) in [6, 6.07) is 1.83. The summed E-state index contributed by atoms with van der Waals surface area (Å²) in [4.78, 5) is 20.3. The first-order chi connectivity index (χ1) is 12.7. The Labute approximate surface area is 154 Å². The number of fused-ring (bicyclic) bond motifs is 1. The van der Waals surface area contributed by atoms with E-state index in [1.165, 1.54) is 12.3 Å². The molecule has 0 saturated heterocycles. The van der Waals surface area contributed by atoms with Crippen molar-refractivity contribution >= 4 is 33.3 Å². The van der Waals surface area contributed by atoms with Crippen molar-refractivity contribution in [3.63, 3.8) is 0 Å². The largest absolute Gasteiger partial charge is 0.506 e. The molecular formula is C16H13F3N4O3S. The molecule has 0 bridgehead atoms. The van der Waals surface area contributed by atoms with Gasteiger partial charge in [0.15, 0.2) is 5.13 Å². The SMILES string of the molecule is NC(CO)c1nc2c(C(F)(F)F)cccc2c(O)c1C(=O)Nc1nccs1. The molecule has 3 rings (SSSR count). The number of alkyl halides is 3. The molecule has 1 unspecified atom stereocenters. The minimum atomic E-state index is -4.73. The molecule has 2 aromatic heterocycles. The number of carbonyl (C=O) groups is 1. The van der Waals surface area contributed by atoms with E-state index in [2.05, 4.69) is 15.3 Å². The van der Waals surface area contributed by atoms with Gasteiger partial charge in [-0.25, -0.2) is 9.97 Å². The average molecular weight is 398 g/mol. The number of pyridine rings is 1. The second-order valence-electron chi connectivity index (χ2n) is 5.50. The van der Waals surface area contributed by atoms with Gasteiger partial charge >= 0.3 is 6.18 Å². The number of nitrogens with two attached hydrogens (primary N) is 1. The highest BCUT2D eigenvalue weighted by atomic mass is 32.1. The molecule has 11 heteroatoms. The molecule has 0 fully saturated rings. The number of carbonyl (C=O) groups excluding carboxylic acids is 1. The number of nitrogens with one attached hydrogen (secondary N) is 1. The molecule has 27 heavy (non-hydrogen) atoms.